The topological polar surface area (TPSA) is 53.4 Å². The summed E-state index contributed by atoms with van der Waals surface area (Å²) in [6.45, 7) is 2.78. The van der Waals surface area contributed by atoms with Crippen molar-refractivity contribution in [3.63, 3.8) is 0 Å². The van der Waals surface area contributed by atoms with Crippen LogP contribution < -0.4 is 0 Å². The fourth-order valence-electron chi connectivity index (χ4n) is 3.47. The monoisotopic (exact) mass is 324 g/mol. The van der Waals surface area contributed by atoms with Crippen LogP contribution in [0, 0.1) is 0 Å². The Morgan fingerprint density at radius 1 is 1.29 bits per heavy atom. The third-order valence-corrected chi connectivity index (χ3v) is 4.79. The number of benzene rings is 1. The standard InChI is InChI=1S/C20H24N2O2/c1-2-15-10-6-12-21-19(15)20(24)22-13-7-11-17(22)14-18(23)16-8-4-3-5-9-16/h3-6,8-10,12,17-18,23H,2,7,11,13-14H2,1H3/t17-,18+/m0/s1. The molecule has 126 valence electrons. The molecule has 4 nitrogen and oxygen atoms in total. The second-order valence-corrected chi connectivity index (χ2v) is 6.32. The fraction of sp³-hybridized carbons (Fsp3) is 0.400. The van der Waals surface area contributed by atoms with Gasteiger partial charge in [-0.25, -0.2) is 0 Å². The molecule has 0 unspecified atom stereocenters. The lowest BCUT2D eigenvalue weighted by atomic mass is 10.00. The number of rotatable bonds is 5. The zero-order valence-electron chi connectivity index (χ0n) is 14.1. The number of hydrogen-bond donors (Lipinski definition) is 1. The number of pyridine rings is 1. The van der Waals surface area contributed by atoms with E-state index in [9.17, 15) is 9.90 Å². The van der Waals surface area contributed by atoms with E-state index in [1.165, 1.54) is 0 Å². The van der Waals surface area contributed by atoms with Crippen molar-refractivity contribution in [2.45, 2.75) is 44.8 Å². The fourth-order valence-corrected chi connectivity index (χ4v) is 3.47. The number of aryl methyl sites for hydroxylation is 1. The molecule has 2 aromatic rings. The summed E-state index contributed by atoms with van der Waals surface area (Å²) in [6.07, 6.45) is 4.41. The molecule has 1 fully saturated rings. The summed E-state index contributed by atoms with van der Waals surface area (Å²) >= 11 is 0. The predicted octanol–water partition coefficient (Wildman–Crippen LogP) is 3.37. The van der Waals surface area contributed by atoms with Crippen LogP contribution in [0.2, 0.25) is 0 Å². The van der Waals surface area contributed by atoms with Gasteiger partial charge < -0.3 is 10.0 Å². The van der Waals surface area contributed by atoms with Gasteiger partial charge in [-0.1, -0.05) is 43.3 Å². The highest BCUT2D eigenvalue weighted by molar-refractivity contribution is 5.94. The summed E-state index contributed by atoms with van der Waals surface area (Å²) in [4.78, 5) is 19.1. The van der Waals surface area contributed by atoms with Crippen molar-refractivity contribution >= 4 is 5.91 Å². The molecule has 4 heteroatoms. The molecule has 1 aliphatic rings. The van der Waals surface area contributed by atoms with Gasteiger partial charge in [-0.05, 0) is 42.9 Å². The maximum atomic E-state index is 12.9. The van der Waals surface area contributed by atoms with E-state index in [4.69, 9.17) is 0 Å². The van der Waals surface area contributed by atoms with Crippen LogP contribution >= 0.6 is 0 Å². The largest absolute Gasteiger partial charge is 0.388 e. The predicted molar refractivity (Wildman–Crippen MR) is 93.7 cm³/mol. The van der Waals surface area contributed by atoms with Crippen LogP contribution in [0.5, 0.6) is 0 Å². The van der Waals surface area contributed by atoms with Gasteiger partial charge in [0.05, 0.1) is 6.10 Å². The average Bonchev–Trinajstić information content (AvgIpc) is 3.09. The molecule has 1 saturated heterocycles. The van der Waals surface area contributed by atoms with E-state index in [-0.39, 0.29) is 11.9 Å². The average molecular weight is 324 g/mol. The minimum Gasteiger partial charge on any atom is -0.388 e. The van der Waals surface area contributed by atoms with E-state index in [0.29, 0.717) is 12.1 Å². The maximum Gasteiger partial charge on any atom is 0.272 e. The molecule has 0 aliphatic carbocycles. The van der Waals surface area contributed by atoms with E-state index in [2.05, 4.69) is 4.98 Å². The summed E-state index contributed by atoms with van der Waals surface area (Å²) in [5.74, 6) is -0.00443. The Bertz CT molecular complexity index is 687. The van der Waals surface area contributed by atoms with E-state index < -0.39 is 6.10 Å². The first-order chi connectivity index (χ1) is 11.7. The molecule has 1 amide bonds. The molecule has 1 aromatic carbocycles. The molecule has 1 N–H and O–H groups in total. The van der Waals surface area contributed by atoms with Crippen molar-refractivity contribution in [2.24, 2.45) is 0 Å². The van der Waals surface area contributed by atoms with E-state index >= 15 is 0 Å². The number of carbonyl (C=O) groups excluding carboxylic acids is 1. The van der Waals surface area contributed by atoms with Gasteiger partial charge in [0.15, 0.2) is 0 Å². The van der Waals surface area contributed by atoms with Gasteiger partial charge >= 0.3 is 0 Å². The van der Waals surface area contributed by atoms with Gasteiger partial charge in [0.2, 0.25) is 0 Å². The Hall–Kier alpha value is -2.20. The molecule has 2 heterocycles. The zero-order chi connectivity index (χ0) is 16.9. The minimum absolute atomic E-state index is 0.00443. The summed E-state index contributed by atoms with van der Waals surface area (Å²) < 4.78 is 0. The Kier molecular flexibility index (Phi) is 5.26. The molecule has 0 saturated carbocycles. The lowest BCUT2D eigenvalue weighted by molar-refractivity contribution is 0.0660. The molecule has 0 spiro atoms. The van der Waals surface area contributed by atoms with Crippen LogP contribution in [-0.2, 0) is 6.42 Å². The zero-order valence-corrected chi connectivity index (χ0v) is 14.1. The second-order valence-electron chi connectivity index (χ2n) is 6.32. The van der Waals surface area contributed by atoms with Crippen LogP contribution in [0.1, 0.15) is 53.9 Å². The number of hydrogen-bond acceptors (Lipinski definition) is 3. The lowest BCUT2D eigenvalue weighted by Crippen LogP contribution is -2.37. The number of nitrogens with zero attached hydrogens (tertiary/aromatic N) is 2. The minimum atomic E-state index is -0.543. The summed E-state index contributed by atoms with van der Waals surface area (Å²) in [6, 6.07) is 13.6. The molecule has 2 atom stereocenters. The maximum absolute atomic E-state index is 12.9. The van der Waals surface area contributed by atoms with Crippen LogP contribution in [0.4, 0.5) is 0 Å². The summed E-state index contributed by atoms with van der Waals surface area (Å²) in [7, 11) is 0. The summed E-state index contributed by atoms with van der Waals surface area (Å²) in [5, 5.41) is 10.5. The van der Waals surface area contributed by atoms with E-state index in [1.807, 2.05) is 54.3 Å². The van der Waals surface area contributed by atoms with Gasteiger partial charge in [0.25, 0.3) is 5.91 Å². The molecule has 24 heavy (non-hydrogen) atoms. The number of aliphatic hydroxyl groups excluding tert-OH is 1. The Balaban J connectivity index is 1.74. The van der Waals surface area contributed by atoms with Crippen molar-refractivity contribution in [1.29, 1.82) is 0 Å². The van der Waals surface area contributed by atoms with Gasteiger partial charge in [0.1, 0.15) is 5.69 Å². The van der Waals surface area contributed by atoms with Gasteiger partial charge in [-0.3, -0.25) is 9.78 Å². The Morgan fingerprint density at radius 3 is 2.83 bits per heavy atom. The van der Waals surface area contributed by atoms with Crippen LogP contribution in [-0.4, -0.2) is 33.5 Å². The SMILES string of the molecule is CCc1cccnc1C(=O)N1CCC[C@H]1C[C@@H](O)c1ccccc1. The Morgan fingerprint density at radius 2 is 2.08 bits per heavy atom. The smallest absolute Gasteiger partial charge is 0.272 e. The molecule has 1 aliphatic heterocycles. The highest BCUT2D eigenvalue weighted by Gasteiger charge is 2.32. The van der Waals surface area contributed by atoms with E-state index in [0.717, 1.165) is 36.9 Å². The highest BCUT2D eigenvalue weighted by atomic mass is 16.3. The molecule has 1 aromatic heterocycles. The third kappa shape index (κ3) is 3.49. The Labute approximate surface area is 143 Å². The quantitative estimate of drug-likeness (QED) is 0.917. The molecule has 3 rings (SSSR count). The summed E-state index contributed by atoms with van der Waals surface area (Å²) in [5.41, 5.74) is 2.45. The number of aromatic nitrogens is 1. The lowest BCUT2D eigenvalue weighted by Gasteiger charge is -2.27. The number of amides is 1. The third-order valence-electron chi connectivity index (χ3n) is 4.79. The first-order valence-corrected chi connectivity index (χ1v) is 8.68. The van der Waals surface area contributed by atoms with Crippen LogP contribution in [0.3, 0.4) is 0 Å². The normalized spacial score (nSPS) is 18.6. The molecule has 0 radical (unpaired) electrons. The first kappa shape index (κ1) is 16.7. The number of carbonyl (C=O) groups is 1. The van der Waals surface area contributed by atoms with E-state index in [1.54, 1.807) is 6.20 Å². The van der Waals surface area contributed by atoms with Gasteiger partial charge in [-0.15, -0.1) is 0 Å². The number of likely N-dealkylation sites (tertiary alicyclic amines) is 1. The first-order valence-electron chi connectivity index (χ1n) is 8.68. The number of aliphatic hydroxyl groups is 1. The highest BCUT2D eigenvalue weighted by Crippen LogP contribution is 2.28. The van der Waals surface area contributed by atoms with Crippen molar-refractivity contribution in [2.75, 3.05) is 6.54 Å². The van der Waals surface area contributed by atoms with Crippen molar-refractivity contribution in [3.05, 3.63) is 65.5 Å². The van der Waals surface area contributed by atoms with Crippen LogP contribution in [0.15, 0.2) is 48.7 Å². The molecular formula is C20H24N2O2. The van der Waals surface area contributed by atoms with Gasteiger partial charge in [-0.2, -0.15) is 0 Å². The van der Waals surface area contributed by atoms with Crippen molar-refractivity contribution in [1.82, 2.24) is 9.88 Å². The van der Waals surface area contributed by atoms with Crippen LogP contribution in [0.25, 0.3) is 0 Å². The van der Waals surface area contributed by atoms with Gasteiger partial charge in [0, 0.05) is 18.8 Å². The van der Waals surface area contributed by atoms with Crippen molar-refractivity contribution < 1.29 is 9.90 Å². The molecular weight excluding hydrogens is 300 g/mol. The second kappa shape index (κ2) is 7.58. The van der Waals surface area contributed by atoms with Crippen molar-refractivity contribution in [3.8, 4) is 0 Å². The molecule has 0 bridgehead atoms.